The number of nitrogen functional groups attached to an aromatic ring is 1. The number of benzene rings is 2. The molecule has 2 rings (SSSR count). The predicted molar refractivity (Wildman–Crippen MR) is 76.4 cm³/mol. The zero-order valence-corrected chi connectivity index (χ0v) is 11.6. The van der Waals surface area contributed by atoms with E-state index >= 15 is 0 Å². The number of rotatable bonds is 3. The molecular formula is C15H13ClFNO2. The van der Waals surface area contributed by atoms with Crippen molar-refractivity contribution in [1.29, 1.82) is 0 Å². The van der Waals surface area contributed by atoms with Crippen LogP contribution >= 0.6 is 11.6 Å². The molecule has 2 aromatic carbocycles. The van der Waals surface area contributed by atoms with E-state index in [1.54, 1.807) is 18.2 Å². The van der Waals surface area contributed by atoms with Gasteiger partial charge in [-0.2, -0.15) is 0 Å². The number of nitrogens with two attached hydrogens (primary N) is 1. The highest BCUT2D eigenvalue weighted by molar-refractivity contribution is 6.31. The van der Waals surface area contributed by atoms with Crippen LogP contribution in [0.3, 0.4) is 0 Å². The van der Waals surface area contributed by atoms with Crippen LogP contribution in [0.4, 0.5) is 10.1 Å². The van der Waals surface area contributed by atoms with Gasteiger partial charge in [0.15, 0.2) is 0 Å². The Morgan fingerprint density at radius 2 is 2.10 bits per heavy atom. The van der Waals surface area contributed by atoms with Crippen LogP contribution in [-0.2, 0) is 11.2 Å². The van der Waals surface area contributed by atoms with Gasteiger partial charge in [-0.05, 0) is 29.8 Å². The van der Waals surface area contributed by atoms with Crippen LogP contribution in [0.25, 0.3) is 0 Å². The number of halogens is 2. The lowest BCUT2D eigenvalue weighted by atomic mass is 10.0. The van der Waals surface area contributed by atoms with E-state index in [1.165, 1.54) is 13.2 Å². The number of hydrogen-bond donors (Lipinski definition) is 1. The van der Waals surface area contributed by atoms with E-state index in [9.17, 15) is 9.18 Å². The zero-order valence-electron chi connectivity index (χ0n) is 10.8. The maximum Gasteiger partial charge on any atom is 0.338 e. The van der Waals surface area contributed by atoms with Crippen molar-refractivity contribution < 1.29 is 13.9 Å². The molecule has 0 aromatic heterocycles. The Morgan fingerprint density at radius 1 is 1.35 bits per heavy atom. The van der Waals surface area contributed by atoms with Gasteiger partial charge in [0, 0.05) is 22.7 Å². The van der Waals surface area contributed by atoms with E-state index in [0.29, 0.717) is 17.7 Å². The van der Waals surface area contributed by atoms with Crippen molar-refractivity contribution in [2.24, 2.45) is 0 Å². The molecule has 5 heteroatoms. The average molecular weight is 294 g/mol. The van der Waals surface area contributed by atoms with Crippen LogP contribution < -0.4 is 5.73 Å². The van der Waals surface area contributed by atoms with Gasteiger partial charge in [-0.25, -0.2) is 9.18 Å². The monoisotopic (exact) mass is 293 g/mol. The Labute approximate surface area is 121 Å². The van der Waals surface area contributed by atoms with Crippen LogP contribution in [0.1, 0.15) is 21.5 Å². The van der Waals surface area contributed by atoms with Crippen LogP contribution in [0.5, 0.6) is 0 Å². The summed E-state index contributed by atoms with van der Waals surface area (Å²) in [5.41, 5.74) is 7.54. The van der Waals surface area contributed by atoms with Gasteiger partial charge in [0.1, 0.15) is 5.82 Å². The molecule has 0 fully saturated rings. The second-order valence-electron chi connectivity index (χ2n) is 4.33. The third-order valence-electron chi connectivity index (χ3n) is 2.89. The average Bonchev–Trinajstić information content (AvgIpc) is 2.42. The summed E-state index contributed by atoms with van der Waals surface area (Å²) in [6, 6.07) is 9.66. The summed E-state index contributed by atoms with van der Waals surface area (Å²) in [4.78, 5) is 11.4. The summed E-state index contributed by atoms with van der Waals surface area (Å²) in [5, 5.41) is 0.188. The number of esters is 1. The number of anilines is 1. The third-order valence-corrected chi connectivity index (χ3v) is 3.23. The van der Waals surface area contributed by atoms with Gasteiger partial charge in [-0.3, -0.25) is 0 Å². The van der Waals surface area contributed by atoms with Crippen molar-refractivity contribution >= 4 is 23.3 Å². The first-order valence-electron chi connectivity index (χ1n) is 5.92. The normalized spacial score (nSPS) is 10.3. The molecular weight excluding hydrogens is 281 g/mol. The van der Waals surface area contributed by atoms with Gasteiger partial charge in [0.05, 0.1) is 12.7 Å². The Hall–Kier alpha value is -2.07. The molecule has 0 heterocycles. The quantitative estimate of drug-likeness (QED) is 0.697. The molecule has 0 atom stereocenters. The van der Waals surface area contributed by atoms with Crippen molar-refractivity contribution in [3.63, 3.8) is 0 Å². The first-order valence-corrected chi connectivity index (χ1v) is 6.29. The molecule has 0 aliphatic rings. The minimum absolute atomic E-state index is 0.0892. The van der Waals surface area contributed by atoms with Crippen LogP contribution in [0, 0.1) is 5.82 Å². The highest BCUT2D eigenvalue weighted by atomic mass is 35.5. The first kappa shape index (κ1) is 14.3. The fourth-order valence-electron chi connectivity index (χ4n) is 1.91. The largest absolute Gasteiger partial charge is 0.465 e. The van der Waals surface area contributed by atoms with E-state index in [1.807, 2.05) is 6.07 Å². The maximum atomic E-state index is 14.1. The van der Waals surface area contributed by atoms with E-state index in [-0.39, 0.29) is 10.6 Å². The summed E-state index contributed by atoms with van der Waals surface area (Å²) < 4.78 is 18.6. The Balaban J connectivity index is 2.36. The van der Waals surface area contributed by atoms with Gasteiger partial charge in [-0.15, -0.1) is 0 Å². The molecule has 104 valence electrons. The number of carbonyl (C=O) groups is 1. The Morgan fingerprint density at radius 3 is 2.70 bits per heavy atom. The fraction of sp³-hybridized carbons (Fsp3) is 0.133. The molecule has 2 aromatic rings. The molecule has 0 radical (unpaired) electrons. The number of methoxy groups -OCH3 is 1. The minimum atomic E-state index is -0.624. The number of hydrogen-bond acceptors (Lipinski definition) is 3. The molecule has 0 amide bonds. The molecule has 0 spiro atoms. The van der Waals surface area contributed by atoms with Crippen molar-refractivity contribution in [1.82, 2.24) is 0 Å². The van der Waals surface area contributed by atoms with Gasteiger partial charge >= 0.3 is 5.97 Å². The van der Waals surface area contributed by atoms with Crippen LogP contribution in [0.15, 0.2) is 36.4 Å². The summed E-state index contributed by atoms with van der Waals surface area (Å²) in [6.45, 7) is 0. The van der Waals surface area contributed by atoms with Gasteiger partial charge < -0.3 is 10.5 Å². The highest BCUT2D eigenvalue weighted by Crippen LogP contribution is 2.25. The second-order valence-corrected chi connectivity index (χ2v) is 4.74. The lowest BCUT2D eigenvalue weighted by Crippen LogP contribution is -2.04. The molecule has 3 nitrogen and oxygen atoms in total. The van der Waals surface area contributed by atoms with E-state index in [0.717, 1.165) is 11.6 Å². The lowest BCUT2D eigenvalue weighted by Gasteiger charge is -2.09. The lowest BCUT2D eigenvalue weighted by molar-refractivity contribution is 0.0600. The van der Waals surface area contributed by atoms with Crippen molar-refractivity contribution in [3.05, 3.63) is 63.9 Å². The van der Waals surface area contributed by atoms with Gasteiger partial charge in [0.25, 0.3) is 0 Å². The Kier molecular flexibility index (Phi) is 4.25. The number of ether oxygens (including phenoxy) is 1. The molecule has 0 bridgehead atoms. The third kappa shape index (κ3) is 3.08. The van der Waals surface area contributed by atoms with Gasteiger partial charge in [0.2, 0.25) is 0 Å². The smallest absolute Gasteiger partial charge is 0.338 e. The first-order chi connectivity index (χ1) is 9.51. The predicted octanol–water partition coefficient (Wildman–Crippen LogP) is 3.44. The molecule has 0 saturated carbocycles. The van der Waals surface area contributed by atoms with E-state index in [2.05, 4.69) is 4.74 Å². The summed E-state index contributed by atoms with van der Waals surface area (Å²) in [7, 11) is 1.23. The standard InChI is InChI=1S/C15H13ClFNO2/c1-20-15(19)10-7-13(16)12(14(17)8-10)6-9-3-2-4-11(18)5-9/h2-5,7-8H,6,18H2,1H3. The summed E-state index contributed by atoms with van der Waals surface area (Å²) in [6.07, 6.45) is 0.303. The van der Waals surface area contributed by atoms with Gasteiger partial charge in [-0.1, -0.05) is 23.7 Å². The van der Waals surface area contributed by atoms with E-state index in [4.69, 9.17) is 17.3 Å². The Bertz CT molecular complexity index is 635. The summed E-state index contributed by atoms with van der Waals surface area (Å²) in [5.74, 6) is -1.17. The highest BCUT2D eigenvalue weighted by Gasteiger charge is 2.14. The fourth-order valence-corrected chi connectivity index (χ4v) is 2.19. The zero-order chi connectivity index (χ0) is 14.7. The molecule has 2 N–H and O–H groups in total. The SMILES string of the molecule is COC(=O)c1cc(F)c(Cc2cccc(N)c2)c(Cl)c1. The number of carbonyl (C=O) groups excluding carboxylic acids is 1. The minimum Gasteiger partial charge on any atom is -0.465 e. The van der Waals surface area contributed by atoms with Crippen LogP contribution in [0.2, 0.25) is 5.02 Å². The molecule has 0 aliphatic heterocycles. The molecule has 0 saturated heterocycles. The van der Waals surface area contributed by atoms with Crippen molar-refractivity contribution in [3.8, 4) is 0 Å². The van der Waals surface area contributed by atoms with E-state index < -0.39 is 11.8 Å². The topological polar surface area (TPSA) is 52.3 Å². The molecule has 0 unspecified atom stereocenters. The summed E-state index contributed by atoms with van der Waals surface area (Å²) >= 11 is 6.05. The maximum absolute atomic E-state index is 14.1. The van der Waals surface area contributed by atoms with Crippen molar-refractivity contribution in [2.45, 2.75) is 6.42 Å². The second kappa shape index (κ2) is 5.92. The van der Waals surface area contributed by atoms with Crippen molar-refractivity contribution in [2.75, 3.05) is 12.8 Å². The molecule has 20 heavy (non-hydrogen) atoms. The molecule has 0 aliphatic carbocycles. The van der Waals surface area contributed by atoms with Crippen LogP contribution in [-0.4, -0.2) is 13.1 Å².